The molecular formula is C14H17N5O2S. The maximum Gasteiger partial charge on any atom is 0.253 e. The molecule has 0 saturated carbocycles. The first-order valence-electron chi connectivity index (χ1n) is 6.91. The van der Waals surface area contributed by atoms with Crippen LogP contribution in [0, 0.1) is 0 Å². The molecule has 2 aromatic rings. The number of rotatable bonds is 7. The predicted molar refractivity (Wildman–Crippen MR) is 83.6 cm³/mol. The molecule has 2 aromatic heterocycles. The van der Waals surface area contributed by atoms with Crippen molar-refractivity contribution in [2.24, 2.45) is 0 Å². The SMILES string of the molecule is CCc1cc(=O)n(CCNC(=O)CSc2ncccn2)cn1. The lowest BCUT2D eigenvalue weighted by molar-refractivity contribution is -0.118. The van der Waals surface area contributed by atoms with E-state index in [0.29, 0.717) is 18.2 Å². The third kappa shape index (κ3) is 4.96. The molecule has 8 heteroatoms. The third-order valence-corrected chi connectivity index (χ3v) is 3.72. The largest absolute Gasteiger partial charge is 0.354 e. The van der Waals surface area contributed by atoms with Gasteiger partial charge in [0.2, 0.25) is 5.91 Å². The van der Waals surface area contributed by atoms with Gasteiger partial charge in [0.05, 0.1) is 12.1 Å². The van der Waals surface area contributed by atoms with Crippen LogP contribution in [0.2, 0.25) is 0 Å². The van der Waals surface area contributed by atoms with Crippen molar-refractivity contribution >= 4 is 17.7 Å². The molecule has 0 unspecified atom stereocenters. The number of nitrogens with one attached hydrogen (secondary N) is 1. The molecule has 0 aromatic carbocycles. The number of carbonyl (C=O) groups is 1. The molecule has 0 saturated heterocycles. The Balaban J connectivity index is 1.74. The average Bonchev–Trinajstić information content (AvgIpc) is 2.55. The quantitative estimate of drug-likeness (QED) is 0.590. The fourth-order valence-electron chi connectivity index (χ4n) is 1.68. The summed E-state index contributed by atoms with van der Waals surface area (Å²) in [4.78, 5) is 35.7. The first-order chi connectivity index (χ1) is 10.7. The lowest BCUT2D eigenvalue weighted by Crippen LogP contribution is -2.32. The van der Waals surface area contributed by atoms with E-state index < -0.39 is 0 Å². The minimum atomic E-state index is -0.122. The topological polar surface area (TPSA) is 89.8 Å². The highest BCUT2D eigenvalue weighted by molar-refractivity contribution is 7.99. The van der Waals surface area contributed by atoms with E-state index in [1.54, 1.807) is 18.5 Å². The highest BCUT2D eigenvalue weighted by Crippen LogP contribution is 2.09. The second-order valence-corrected chi connectivity index (χ2v) is 5.38. The maximum atomic E-state index is 11.8. The van der Waals surface area contributed by atoms with Gasteiger partial charge in [-0.25, -0.2) is 15.0 Å². The summed E-state index contributed by atoms with van der Waals surface area (Å²) < 4.78 is 1.48. The number of thioether (sulfide) groups is 1. The monoisotopic (exact) mass is 319 g/mol. The molecule has 1 N–H and O–H groups in total. The van der Waals surface area contributed by atoms with Crippen LogP contribution in [0.15, 0.2) is 40.8 Å². The summed E-state index contributed by atoms with van der Waals surface area (Å²) in [5.41, 5.74) is 0.665. The Morgan fingerprint density at radius 2 is 2.09 bits per heavy atom. The Morgan fingerprint density at radius 1 is 1.32 bits per heavy atom. The molecule has 0 radical (unpaired) electrons. The van der Waals surface area contributed by atoms with E-state index in [-0.39, 0.29) is 17.2 Å². The van der Waals surface area contributed by atoms with Crippen molar-refractivity contribution in [2.45, 2.75) is 25.0 Å². The molecule has 0 fully saturated rings. The van der Waals surface area contributed by atoms with Crippen LogP contribution in [0.3, 0.4) is 0 Å². The van der Waals surface area contributed by atoms with Crippen molar-refractivity contribution in [1.29, 1.82) is 0 Å². The van der Waals surface area contributed by atoms with Gasteiger partial charge >= 0.3 is 0 Å². The number of aryl methyl sites for hydroxylation is 1. The van der Waals surface area contributed by atoms with Gasteiger partial charge < -0.3 is 5.32 Å². The number of carbonyl (C=O) groups excluding carboxylic acids is 1. The van der Waals surface area contributed by atoms with Crippen LogP contribution in [-0.2, 0) is 17.8 Å². The van der Waals surface area contributed by atoms with Crippen molar-refractivity contribution in [1.82, 2.24) is 24.8 Å². The lowest BCUT2D eigenvalue weighted by Gasteiger charge is -2.07. The average molecular weight is 319 g/mol. The van der Waals surface area contributed by atoms with E-state index in [1.165, 1.54) is 28.7 Å². The number of hydrogen-bond acceptors (Lipinski definition) is 6. The van der Waals surface area contributed by atoms with E-state index in [9.17, 15) is 9.59 Å². The van der Waals surface area contributed by atoms with E-state index in [4.69, 9.17) is 0 Å². The standard InChI is InChI=1S/C14H17N5O2S/c1-2-11-8-13(21)19(10-18-11)7-6-15-12(20)9-22-14-16-4-3-5-17-14/h3-5,8,10H,2,6-7,9H2,1H3,(H,15,20). The zero-order valence-electron chi connectivity index (χ0n) is 12.2. The Labute approximate surface area is 132 Å². The van der Waals surface area contributed by atoms with Gasteiger partial charge in [0.15, 0.2) is 5.16 Å². The third-order valence-electron chi connectivity index (χ3n) is 2.85. The van der Waals surface area contributed by atoms with E-state index in [0.717, 1.165) is 12.1 Å². The van der Waals surface area contributed by atoms with Gasteiger partial charge in [0, 0.05) is 37.2 Å². The molecule has 0 aliphatic rings. The molecule has 0 aliphatic heterocycles. The van der Waals surface area contributed by atoms with Crippen LogP contribution >= 0.6 is 11.8 Å². The van der Waals surface area contributed by atoms with Crippen LogP contribution in [0.4, 0.5) is 0 Å². The van der Waals surface area contributed by atoms with Crippen molar-refractivity contribution in [3.05, 3.63) is 46.9 Å². The van der Waals surface area contributed by atoms with Crippen LogP contribution < -0.4 is 10.9 Å². The van der Waals surface area contributed by atoms with Crippen molar-refractivity contribution in [3.63, 3.8) is 0 Å². The van der Waals surface area contributed by atoms with E-state index in [2.05, 4.69) is 20.3 Å². The van der Waals surface area contributed by atoms with E-state index in [1.807, 2.05) is 6.92 Å². The Kier molecular flexibility index (Phi) is 6.08. The molecule has 7 nitrogen and oxygen atoms in total. The summed E-state index contributed by atoms with van der Waals surface area (Å²) in [6.45, 7) is 2.72. The molecule has 2 rings (SSSR count). The molecule has 116 valence electrons. The van der Waals surface area contributed by atoms with E-state index >= 15 is 0 Å². The van der Waals surface area contributed by atoms with Gasteiger partial charge in [-0.05, 0) is 12.5 Å². The van der Waals surface area contributed by atoms with Crippen molar-refractivity contribution in [3.8, 4) is 0 Å². The minimum Gasteiger partial charge on any atom is -0.354 e. The lowest BCUT2D eigenvalue weighted by atomic mass is 10.3. The normalized spacial score (nSPS) is 10.4. The Bertz CT molecular complexity index is 674. The second-order valence-electron chi connectivity index (χ2n) is 4.44. The van der Waals surface area contributed by atoms with Gasteiger partial charge in [-0.15, -0.1) is 0 Å². The summed E-state index contributed by atoms with van der Waals surface area (Å²) in [6, 6.07) is 3.24. The summed E-state index contributed by atoms with van der Waals surface area (Å²) in [5, 5.41) is 3.32. The first-order valence-corrected chi connectivity index (χ1v) is 7.89. The molecule has 0 aliphatic carbocycles. The van der Waals surface area contributed by atoms with Crippen molar-refractivity contribution in [2.75, 3.05) is 12.3 Å². The molecule has 0 bridgehead atoms. The van der Waals surface area contributed by atoms with Gasteiger partial charge in [-0.3, -0.25) is 14.2 Å². The fourth-order valence-corrected chi connectivity index (χ4v) is 2.31. The molecular weight excluding hydrogens is 302 g/mol. The highest BCUT2D eigenvalue weighted by Gasteiger charge is 2.04. The summed E-state index contributed by atoms with van der Waals surface area (Å²) in [5.74, 6) is 0.120. The van der Waals surface area contributed by atoms with Crippen LogP contribution in [0.1, 0.15) is 12.6 Å². The second kappa shape index (κ2) is 8.28. The first kappa shape index (κ1) is 16.2. The molecule has 0 spiro atoms. The maximum absolute atomic E-state index is 11.8. The van der Waals surface area contributed by atoms with Crippen LogP contribution in [-0.4, -0.2) is 37.7 Å². The molecule has 2 heterocycles. The Morgan fingerprint density at radius 3 is 2.77 bits per heavy atom. The summed E-state index contributed by atoms with van der Waals surface area (Å²) in [7, 11) is 0. The summed E-state index contributed by atoms with van der Waals surface area (Å²) in [6.07, 6.45) is 5.50. The fraction of sp³-hybridized carbons (Fsp3) is 0.357. The predicted octanol–water partition coefficient (Wildman–Crippen LogP) is 0.504. The van der Waals surface area contributed by atoms with Crippen LogP contribution in [0.5, 0.6) is 0 Å². The van der Waals surface area contributed by atoms with Gasteiger partial charge in [0.25, 0.3) is 5.56 Å². The number of amides is 1. The van der Waals surface area contributed by atoms with Gasteiger partial charge in [-0.1, -0.05) is 18.7 Å². The van der Waals surface area contributed by atoms with Crippen molar-refractivity contribution < 1.29 is 4.79 Å². The minimum absolute atomic E-state index is 0.104. The number of nitrogens with zero attached hydrogens (tertiary/aromatic N) is 4. The summed E-state index contributed by atoms with van der Waals surface area (Å²) >= 11 is 1.27. The number of hydrogen-bond donors (Lipinski definition) is 1. The zero-order valence-corrected chi connectivity index (χ0v) is 13.0. The van der Waals surface area contributed by atoms with Crippen LogP contribution in [0.25, 0.3) is 0 Å². The number of aromatic nitrogens is 4. The highest BCUT2D eigenvalue weighted by atomic mass is 32.2. The molecule has 0 atom stereocenters. The Hall–Kier alpha value is -2.22. The van der Waals surface area contributed by atoms with Gasteiger partial charge in [-0.2, -0.15) is 0 Å². The zero-order chi connectivity index (χ0) is 15.8. The molecule has 1 amide bonds. The molecule has 22 heavy (non-hydrogen) atoms. The smallest absolute Gasteiger partial charge is 0.253 e. The van der Waals surface area contributed by atoms with Gasteiger partial charge in [0.1, 0.15) is 0 Å².